The fourth-order valence-corrected chi connectivity index (χ4v) is 9.58. The number of aromatic nitrogens is 1. The van der Waals surface area contributed by atoms with Crippen LogP contribution in [0.15, 0.2) is 247 Å². The summed E-state index contributed by atoms with van der Waals surface area (Å²) >= 11 is 0. The van der Waals surface area contributed by atoms with Gasteiger partial charge < -0.3 is 13.9 Å². The molecule has 0 radical (unpaired) electrons. The summed E-state index contributed by atoms with van der Waals surface area (Å²) < 4.78 is 8.90. The average molecular weight is 805 g/mol. The van der Waals surface area contributed by atoms with Crippen LogP contribution in [0.25, 0.3) is 93.9 Å². The van der Waals surface area contributed by atoms with E-state index in [1.54, 1.807) is 0 Å². The maximum atomic E-state index is 6.48. The summed E-state index contributed by atoms with van der Waals surface area (Å²) in [5.41, 5.74) is 17.9. The highest BCUT2D eigenvalue weighted by atomic mass is 16.3. The summed E-state index contributed by atoms with van der Waals surface area (Å²) in [5.74, 6) is 0. The van der Waals surface area contributed by atoms with E-state index in [-0.39, 0.29) is 0 Å². The summed E-state index contributed by atoms with van der Waals surface area (Å²) in [6.07, 6.45) is 0. The van der Waals surface area contributed by atoms with Gasteiger partial charge in [0.05, 0.1) is 16.7 Å². The lowest BCUT2D eigenvalue weighted by molar-refractivity contribution is 0.670. The van der Waals surface area contributed by atoms with E-state index in [1.807, 2.05) is 12.1 Å². The molecule has 12 rings (SSSR count). The lowest BCUT2D eigenvalue weighted by Crippen LogP contribution is -2.09. The molecule has 0 fully saturated rings. The van der Waals surface area contributed by atoms with Crippen LogP contribution >= 0.6 is 0 Å². The van der Waals surface area contributed by atoms with E-state index < -0.39 is 0 Å². The fraction of sp³-hybridized carbons (Fsp3) is 0. The number of hydrogen-bond donors (Lipinski definition) is 0. The van der Waals surface area contributed by atoms with Gasteiger partial charge in [-0.2, -0.15) is 0 Å². The Kier molecular flexibility index (Phi) is 8.83. The van der Waals surface area contributed by atoms with E-state index in [0.717, 1.165) is 72.5 Å². The molecule has 0 aliphatic heterocycles. The molecule has 10 aromatic carbocycles. The van der Waals surface area contributed by atoms with E-state index in [1.165, 1.54) is 38.5 Å². The number of furan rings is 1. The van der Waals surface area contributed by atoms with Gasteiger partial charge in [0, 0.05) is 49.7 Å². The summed E-state index contributed by atoms with van der Waals surface area (Å²) in [4.78, 5) is 2.33. The Labute approximate surface area is 366 Å². The maximum absolute atomic E-state index is 6.48. The Morgan fingerprint density at radius 3 is 1.33 bits per heavy atom. The molecule has 0 amide bonds. The number of fused-ring (bicyclic) bond motifs is 6. The van der Waals surface area contributed by atoms with Crippen LogP contribution < -0.4 is 4.90 Å². The predicted molar refractivity (Wildman–Crippen MR) is 264 cm³/mol. The lowest BCUT2D eigenvalue weighted by Gasteiger charge is -2.26. The molecule has 0 N–H and O–H groups in total. The highest BCUT2D eigenvalue weighted by Crippen LogP contribution is 2.43. The van der Waals surface area contributed by atoms with Gasteiger partial charge in [-0.15, -0.1) is 0 Å². The van der Waals surface area contributed by atoms with E-state index in [0.29, 0.717) is 0 Å². The third kappa shape index (κ3) is 6.21. The Morgan fingerprint density at radius 2 is 0.714 bits per heavy atom. The van der Waals surface area contributed by atoms with Crippen molar-refractivity contribution in [2.75, 3.05) is 4.90 Å². The maximum Gasteiger partial charge on any atom is 0.143 e. The van der Waals surface area contributed by atoms with Crippen molar-refractivity contribution in [1.82, 2.24) is 4.57 Å². The number of anilines is 3. The largest absolute Gasteiger partial charge is 0.455 e. The molecule has 0 spiro atoms. The smallest absolute Gasteiger partial charge is 0.143 e. The Hall–Kier alpha value is -8.40. The van der Waals surface area contributed by atoms with Crippen LogP contribution in [0.1, 0.15) is 0 Å². The van der Waals surface area contributed by atoms with Crippen LogP contribution in [-0.4, -0.2) is 4.57 Å². The first-order valence-electron chi connectivity index (χ1n) is 21.5. The van der Waals surface area contributed by atoms with Crippen LogP contribution in [0.2, 0.25) is 0 Å². The summed E-state index contributed by atoms with van der Waals surface area (Å²) in [5, 5.41) is 4.78. The molecular formula is C60H40N2O. The number of nitrogens with zero attached hydrogens (tertiary/aromatic N) is 2. The summed E-state index contributed by atoms with van der Waals surface area (Å²) in [7, 11) is 0. The van der Waals surface area contributed by atoms with Crippen molar-refractivity contribution >= 4 is 60.8 Å². The normalized spacial score (nSPS) is 11.5. The molecule has 63 heavy (non-hydrogen) atoms. The molecule has 2 aromatic heterocycles. The molecule has 0 saturated heterocycles. The van der Waals surface area contributed by atoms with E-state index in [4.69, 9.17) is 4.42 Å². The number of hydrogen-bond acceptors (Lipinski definition) is 2. The standard InChI is InChI=1S/C60H40N2O/c1-2-17-43(18-3-1)61(45-39-35-42(36-40-45)47-20-5-7-22-49(47)54-27-16-28-55-53-26-11-15-32-59(53)63-60(54)55)44-37-33-41(34-38-44)46-19-4-6-21-48(46)50-23-8-12-29-56(50)62-57-30-13-9-24-51(57)52-25-10-14-31-58(52)62/h1-40H. The Morgan fingerprint density at radius 1 is 0.286 bits per heavy atom. The van der Waals surface area contributed by atoms with E-state index in [9.17, 15) is 0 Å². The molecule has 3 nitrogen and oxygen atoms in total. The molecule has 0 atom stereocenters. The van der Waals surface area contributed by atoms with Crippen molar-refractivity contribution in [2.24, 2.45) is 0 Å². The highest BCUT2D eigenvalue weighted by Gasteiger charge is 2.19. The van der Waals surface area contributed by atoms with Crippen molar-refractivity contribution in [2.45, 2.75) is 0 Å². The minimum atomic E-state index is 0.904. The number of benzene rings is 10. The van der Waals surface area contributed by atoms with Crippen LogP contribution in [0.4, 0.5) is 17.1 Å². The van der Waals surface area contributed by atoms with Gasteiger partial charge in [-0.25, -0.2) is 0 Å². The summed E-state index contributed by atoms with van der Waals surface area (Å²) in [6.45, 7) is 0. The third-order valence-corrected chi connectivity index (χ3v) is 12.5. The van der Waals surface area contributed by atoms with Gasteiger partial charge >= 0.3 is 0 Å². The minimum absolute atomic E-state index is 0.904. The second-order valence-corrected chi connectivity index (χ2v) is 16.0. The molecular weight excluding hydrogens is 765 g/mol. The molecule has 0 aliphatic rings. The first kappa shape index (κ1) is 36.5. The average Bonchev–Trinajstić information content (AvgIpc) is 3.91. The number of para-hydroxylation sites is 6. The van der Waals surface area contributed by atoms with Gasteiger partial charge in [0.25, 0.3) is 0 Å². The van der Waals surface area contributed by atoms with Crippen LogP contribution in [-0.2, 0) is 0 Å². The molecule has 0 saturated carbocycles. The van der Waals surface area contributed by atoms with Gasteiger partial charge in [-0.3, -0.25) is 0 Å². The van der Waals surface area contributed by atoms with Crippen LogP contribution in [0, 0.1) is 0 Å². The first-order valence-corrected chi connectivity index (χ1v) is 21.5. The Bertz CT molecular complexity index is 3560. The molecule has 3 heteroatoms. The first-order chi connectivity index (χ1) is 31.3. The number of rotatable bonds is 8. The fourth-order valence-electron chi connectivity index (χ4n) is 9.58. The van der Waals surface area contributed by atoms with Crippen molar-refractivity contribution < 1.29 is 4.42 Å². The van der Waals surface area contributed by atoms with Crippen molar-refractivity contribution in [3.05, 3.63) is 243 Å². The van der Waals surface area contributed by atoms with Gasteiger partial charge in [-0.05, 0) is 94.0 Å². The van der Waals surface area contributed by atoms with E-state index in [2.05, 4.69) is 240 Å². The molecule has 0 unspecified atom stereocenters. The molecule has 2 heterocycles. The SMILES string of the molecule is c1ccc(N(c2ccc(-c3ccccc3-c3ccccc3-n3c4ccccc4c4ccccc43)cc2)c2ccc(-c3ccccc3-c3cccc4c3oc3ccccc34)cc2)cc1. The lowest BCUT2D eigenvalue weighted by atomic mass is 9.93. The zero-order valence-corrected chi connectivity index (χ0v) is 34.4. The van der Waals surface area contributed by atoms with Gasteiger partial charge in [0.1, 0.15) is 11.2 Å². The van der Waals surface area contributed by atoms with E-state index >= 15 is 0 Å². The second kappa shape index (κ2) is 15.3. The van der Waals surface area contributed by atoms with Gasteiger partial charge in [-0.1, -0.05) is 182 Å². The van der Waals surface area contributed by atoms with Crippen molar-refractivity contribution in [3.8, 4) is 50.2 Å². The van der Waals surface area contributed by atoms with Crippen LogP contribution in [0.5, 0.6) is 0 Å². The molecule has 0 bridgehead atoms. The molecule has 0 aliphatic carbocycles. The quantitative estimate of drug-likeness (QED) is 0.153. The monoisotopic (exact) mass is 804 g/mol. The van der Waals surface area contributed by atoms with Gasteiger partial charge in [0.2, 0.25) is 0 Å². The van der Waals surface area contributed by atoms with Crippen molar-refractivity contribution in [3.63, 3.8) is 0 Å². The highest BCUT2D eigenvalue weighted by molar-refractivity contribution is 6.11. The predicted octanol–water partition coefficient (Wildman–Crippen LogP) is 16.8. The molecule has 296 valence electrons. The van der Waals surface area contributed by atoms with Crippen molar-refractivity contribution in [1.29, 1.82) is 0 Å². The third-order valence-electron chi connectivity index (χ3n) is 12.5. The second-order valence-electron chi connectivity index (χ2n) is 16.0. The van der Waals surface area contributed by atoms with Crippen LogP contribution in [0.3, 0.4) is 0 Å². The molecule has 12 aromatic rings. The summed E-state index contributed by atoms with van der Waals surface area (Å²) in [6, 6.07) is 86.9. The minimum Gasteiger partial charge on any atom is -0.455 e. The zero-order valence-electron chi connectivity index (χ0n) is 34.4. The zero-order chi connectivity index (χ0) is 41.7. The Balaban J connectivity index is 0.913. The topological polar surface area (TPSA) is 21.3 Å². The van der Waals surface area contributed by atoms with Gasteiger partial charge in [0.15, 0.2) is 0 Å².